The number of amides is 1. The van der Waals surface area contributed by atoms with Crippen molar-refractivity contribution in [2.75, 3.05) is 0 Å². The quantitative estimate of drug-likeness (QED) is 0.496. The van der Waals surface area contributed by atoms with E-state index in [9.17, 15) is 14.4 Å². The fourth-order valence-corrected chi connectivity index (χ4v) is 3.49. The third-order valence-electron chi connectivity index (χ3n) is 4.80. The third-order valence-corrected chi connectivity index (χ3v) is 4.80. The first-order valence-corrected chi connectivity index (χ1v) is 9.09. The third kappa shape index (κ3) is 3.34. The second kappa shape index (κ2) is 7.19. The normalized spacial score (nSPS) is 12.3. The van der Waals surface area contributed by atoms with Crippen molar-refractivity contribution in [1.82, 2.24) is 19.9 Å². The van der Waals surface area contributed by atoms with Crippen molar-refractivity contribution in [3.8, 4) is 0 Å². The molecule has 0 aliphatic heterocycles. The van der Waals surface area contributed by atoms with E-state index in [1.807, 2.05) is 37.4 Å². The molecule has 7 nitrogen and oxygen atoms in total. The maximum absolute atomic E-state index is 12.5. The van der Waals surface area contributed by atoms with Crippen LogP contribution < -0.4 is 16.6 Å². The summed E-state index contributed by atoms with van der Waals surface area (Å²) in [4.78, 5) is 43.0. The van der Waals surface area contributed by atoms with Crippen LogP contribution in [0.1, 0.15) is 12.5 Å². The molecule has 0 unspecified atom stereocenters. The van der Waals surface area contributed by atoms with Gasteiger partial charge in [-0.3, -0.25) is 14.2 Å². The monoisotopic (exact) mass is 376 g/mol. The summed E-state index contributed by atoms with van der Waals surface area (Å²) >= 11 is 0. The van der Waals surface area contributed by atoms with Crippen LogP contribution in [0.4, 0.5) is 0 Å². The average molecular weight is 376 g/mol. The molecule has 0 bridgehead atoms. The van der Waals surface area contributed by atoms with Gasteiger partial charge >= 0.3 is 5.69 Å². The summed E-state index contributed by atoms with van der Waals surface area (Å²) < 4.78 is 0.927. The predicted octanol–water partition coefficient (Wildman–Crippen LogP) is 1.92. The van der Waals surface area contributed by atoms with E-state index in [1.54, 1.807) is 24.3 Å². The summed E-state index contributed by atoms with van der Waals surface area (Å²) in [5.74, 6) is -0.379. The zero-order valence-corrected chi connectivity index (χ0v) is 15.4. The topological polar surface area (TPSA) is 99.8 Å². The van der Waals surface area contributed by atoms with E-state index in [1.165, 1.54) is 0 Å². The van der Waals surface area contributed by atoms with E-state index in [0.29, 0.717) is 17.3 Å². The van der Waals surface area contributed by atoms with Gasteiger partial charge in [0.05, 0.1) is 10.9 Å². The standard InChI is InChI=1S/C21H20N4O3/c1-13(10-14-11-22-17-8-4-2-6-15(14)17)23-19(26)12-25-20(27)16-7-3-5-9-18(16)24-21(25)28/h2-9,11,13,22H,10,12H2,1H3,(H,23,26)(H,24,28)/t13-/m1/s1. The van der Waals surface area contributed by atoms with Gasteiger partial charge in [0.2, 0.25) is 5.91 Å². The highest BCUT2D eigenvalue weighted by Crippen LogP contribution is 2.18. The van der Waals surface area contributed by atoms with Gasteiger partial charge in [0.1, 0.15) is 6.54 Å². The van der Waals surface area contributed by atoms with Crippen LogP contribution in [-0.2, 0) is 17.8 Å². The number of nitrogens with one attached hydrogen (secondary N) is 3. The average Bonchev–Trinajstić information content (AvgIpc) is 3.08. The highest BCUT2D eigenvalue weighted by atomic mass is 16.2. The summed E-state index contributed by atoms with van der Waals surface area (Å²) in [7, 11) is 0. The van der Waals surface area contributed by atoms with Crippen LogP contribution >= 0.6 is 0 Å². The van der Waals surface area contributed by atoms with E-state index < -0.39 is 11.2 Å². The van der Waals surface area contributed by atoms with Gasteiger partial charge in [-0.15, -0.1) is 0 Å². The van der Waals surface area contributed by atoms with Gasteiger partial charge in [0.15, 0.2) is 0 Å². The lowest BCUT2D eigenvalue weighted by molar-refractivity contribution is -0.122. The number of benzene rings is 2. The molecule has 0 spiro atoms. The minimum absolute atomic E-state index is 0.151. The molecule has 4 aromatic rings. The Labute approximate surface area is 160 Å². The van der Waals surface area contributed by atoms with Crippen LogP contribution in [0.15, 0.2) is 64.3 Å². The Kier molecular flexibility index (Phi) is 4.57. The van der Waals surface area contributed by atoms with Gasteiger partial charge < -0.3 is 15.3 Å². The lowest BCUT2D eigenvalue weighted by atomic mass is 10.1. The van der Waals surface area contributed by atoms with Crippen LogP contribution in [0.25, 0.3) is 21.8 Å². The molecular formula is C21H20N4O3. The number of carbonyl (C=O) groups is 1. The van der Waals surface area contributed by atoms with Crippen molar-refractivity contribution in [3.63, 3.8) is 0 Å². The molecular weight excluding hydrogens is 356 g/mol. The van der Waals surface area contributed by atoms with Crippen LogP contribution in [0.3, 0.4) is 0 Å². The summed E-state index contributed by atoms with van der Waals surface area (Å²) in [6.45, 7) is 1.57. The Morgan fingerprint density at radius 2 is 1.71 bits per heavy atom. The van der Waals surface area contributed by atoms with E-state index >= 15 is 0 Å². The largest absolute Gasteiger partial charge is 0.361 e. The van der Waals surface area contributed by atoms with E-state index in [4.69, 9.17) is 0 Å². The van der Waals surface area contributed by atoms with Crippen molar-refractivity contribution in [2.24, 2.45) is 0 Å². The Bertz CT molecular complexity index is 1280. The minimum atomic E-state index is -0.594. The first kappa shape index (κ1) is 17.8. The lowest BCUT2D eigenvalue weighted by Crippen LogP contribution is -2.43. The number of carbonyl (C=O) groups excluding carboxylic acids is 1. The number of hydrogen-bond donors (Lipinski definition) is 3. The molecule has 28 heavy (non-hydrogen) atoms. The van der Waals surface area contributed by atoms with Crippen molar-refractivity contribution in [2.45, 2.75) is 25.9 Å². The van der Waals surface area contributed by atoms with Gasteiger partial charge in [-0.25, -0.2) is 4.79 Å². The van der Waals surface area contributed by atoms with Crippen molar-refractivity contribution in [3.05, 3.63) is 81.1 Å². The second-order valence-corrected chi connectivity index (χ2v) is 6.90. The fraction of sp³-hybridized carbons (Fsp3) is 0.190. The number of nitrogens with zero attached hydrogens (tertiary/aromatic N) is 1. The molecule has 0 saturated heterocycles. The van der Waals surface area contributed by atoms with Crippen molar-refractivity contribution < 1.29 is 4.79 Å². The van der Waals surface area contributed by atoms with Crippen molar-refractivity contribution in [1.29, 1.82) is 0 Å². The molecule has 7 heteroatoms. The van der Waals surface area contributed by atoms with Gasteiger partial charge in [-0.05, 0) is 37.1 Å². The fourth-order valence-electron chi connectivity index (χ4n) is 3.49. The predicted molar refractivity (Wildman–Crippen MR) is 108 cm³/mol. The maximum Gasteiger partial charge on any atom is 0.329 e. The number of aromatic nitrogens is 3. The lowest BCUT2D eigenvalue weighted by Gasteiger charge is -2.14. The second-order valence-electron chi connectivity index (χ2n) is 6.90. The van der Waals surface area contributed by atoms with E-state index in [2.05, 4.69) is 15.3 Å². The first-order chi connectivity index (χ1) is 13.5. The molecule has 0 aliphatic carbocycles. The van der Waals surface area contributed by atoms with E-state index in [-0.39, 0.29) is 18.5 Å². The smallest absolute Gasteiger partial charge is 0.329 e. The summed E-state index contributed by atoms with van der Waals surface area (Å²) in [5.41, 5.74) is 1.54. The van der Waals surface area contributed by atoms with Gasteiger partial charge in [-0.2, -0.15) is 0 Å². The molecule has 2 aromatic carbocycles. The molecule has 2 heterocycles. The highest BCUT2D eigenvalue weighted by molar-refractivity contribution is 5.83. The Morgan fingerprint density at radius 3 is 2.50 bits per heavy atom. The molecule has 1 atom stereocenters. The summed E-state index contributed by atoms with van der Waals surface area (Å²) in [5, 5.41) is 4.36. The summed E-state index contributed by atoms with van der Waals surface area (Å²) in [6, 6.07) is 14.6. The van der Waals surface area contributed by atoms with Crippen LogP contribution in [0.2, 0.25) is 0 Å². The van der Waals surface area contributed by atoms with Crippen LogP contribution in [0.5, 0.6) is 0 Å². The van der Waals surface area contributed by atoms with Crippen LogP contribution in [0, 0.1) is 0 Å². The molecule has 0 saturated carbocycles. The van der Waals surface area contributed by atoms with Crippen LogP contribution in [-0.4, -0.2) is 26.5 Å². The van der Waals surface area contributed by atoms with Crippen molar-refractivity contribution >= 4 is 27.7 Å². The molecule has 4 rings (SSSR count). The number of aromatic amines is 2. The minimum Gasteiger partial charge on any atom is -0.361 e. The highest BCUT2D eigenvalue weighted by Gasteiger charge is 2.14. The molecule has 3 N–H and O–H groups in total. The molecule has 1 amide bonds. The zero-order chi connectivity index (χ0) is 19.7. The van der Waals surface area contributed by atoms with E-state index in [0.717, 1.165) is 21.0 Å². The number of rotatable bonds is 5. The Hall–Kier alpha value is -3.61. The molecule has 0 fully saturated rings. The van der Waals surface area contributed by atoms with Gasteiger partial charge in [0, 0.05) is 23.1 Å². The summed E-state index contributed by atoms with van der Waals surface area (Å²) in [6.07, 6.45) is 2.57. The molecule has 0 radical (unpaired) electrons. The van der Waals surface area contributed by atoms with Gasteiger partial charge in [0.25, 0.3) is 5.56 Å². The number of para-hydroxylation sites is 2. The van der Waals surface area contributed by atoms with Gasteiger partial charge in [-0.1, -0.05) is 30.3 Å². The molecule has 2 aromatic heterocycles. The number of fused-ring (bicyclic) bond motifs is 2. The molecule has 142 valence electrons. The first-order valence-electron chi connectivity index (χ1n) is 9.09. The zero-order valence-electron chi connectivity index (χ0n) is 15.4. The Balaban J connectivity index is 1.49. The number of hydrogen-bond acceptors (Lipinski definition) is 3. The molecule has 0 aliphatic rings. The number of H-pyrrole nitrogens is 2. The Morgan fingerprint density at radius 1 is 1.04 bits per heavy atom. The SMILES string of the molecule is C[C@H](Cc1c[nH]c2ccccc12)NC(=O)Cn1c(=O)[nH]c2ccccc2c1=O. The maximum atomic E-state index is 12.5.